The molecule has 0 radical (unpaired) electrons. The maximum Gasteiger partial charge on any atom is 0.275 e. The summed E-state index contributed by atoms with van der Waals surface area (Å²) in [5, 5.41) is 5.77. The number of benzene rings is 2. The number of nitrogens with one attached hydrogen (secondary N) is 1. The Hall–Kier alpha value is -1.36. The summed E-state index contributed by atoms with van der Waals surface area (Å²) in [6.07, 6.45) is 0. The molecule has 122 valence electrons. The second-order valence-electron chi connectivity index (χ2n) is 5.62. The lowest BCUT2D eigenvalue weighted by Gasteiger charge is -2.15. The van der Waals surface area contributed by atoms with Gasteiger partial charge >= 0.3 is 0 Å². The van der Waals surface area contributed by atoms with E-state index in [1.807, 2.05) is 60.8 Å². The van der Waals surface area contributed by atoms with Crippen LogP contribution in [0.5, 0.6) is 0 Å². The van der Waals surface area contributed by atoms with Crippen molar-refractivity contribution in [2.75, 3.05) is 6.54 Å². The Labute approximate surface area is 150 Å². The Kier molecular flexibility index (Phi) is 6.63. The fraction of sp³-hybridized carbons (Fsp3) is 0.278. The zero-order valence-corrected chi connectivity index (χ0v) is 15.6. The molecule has 0 aromatic heterocycles. The molecule has 1 amide bonds. The SMILES string of the molecule is C[C@H](NC(=O)C[NH2+][C@@H](C)c1ccc(Cl)cc1)c1ccc(Br)cc1. The van der Waals surface area contributed by atoms with Gasteiger partial charge in [-0.15, -0.1) is 0 Å². The summed E-state index contributed by atoms with van der Waals surface area (Å²) in [4.78, 5) is 12.1. The third kappa shape index (κ3) is 5.65. The van der Waals surface area contributed by atoms with Crippen molar-refractivity contribution in [2.24, 2.45) is 0 Å². The highest BCUT2D eigenvalue weighted by Crippen LogP contribution is 2.16. The molecule has 2 aromatic carbocycles. The Morgan fingerprint density at radius 3 is 2.26 bits per heavy atom. The standard InChI is InChI=1S/C18H20BrClN2O/c1-12(14-5-9-17(20)10-6-14)21-11-18(23)22-13(2)15-3-7-16(19)8-4-15/h3-10,12-13,21H,11H2,1-2H3,(H,22,23)/p+1/t12-,13-/m0/s1. The van der Waals surface area contributed by atoms with E-state index in [2.05, 4.69) is 28.2 Å². The van der Waals surface area contributed by atoms with E-state index in [4.69, 9.17) is 11.6 Å². The highest BCUT2D eigenvalue weighted by atomic mass is 79.9. The highest BCUT2D eigenvalue weighted by molar-refractivity contribution is 9.10. The number of hydrogen-bond donors (Lipinski definition) is 2. The minimum Gasteiger partial charge on any atom is -0.345 e. The quantitative estimate of drug-likeness (QED) is 0.770. The smallest absolute Gasteiger partial charge is 0.275 e. The molecular weight excluding hydrogens is 376 g/mol. The van der Waals surface area contributed by atoms with Crippen LogP contribution in [0.4, 0.5) is 0 Å². The minimum absolute atomic E-state index is 0.00478. The third-order valence-electron chi connectivity index (χ3n) is 3.80. The molecule has 2 aromatic rings. The normalized spacial score (nSPS) is 13.4. The molecule has 3 nitrogen and oxygen atoms in total. The molecule has 0 saturated heterocycles. The van der Waals surface area contributed by atoms with Crippen LogP contribution in [0.1, 0.15) is 37.1 Å². The predicted molar refractivity (Wildman–Crippen MR) is 97.4 cm³/mol. The molecule has 2 atom stereocenters. The van der Waals surface area contributed by atoms with Gasteiger partial charge in [0.1, 0.15) is 6.04 Å². The minimum atomic E-state index is -0.00478. The lowest BCUT2D eigenvalue weighted by Crippen LogP contribution is -2.87. The van der Waals surface area contributed by atoms with Crippen LogP contribution in [0.2, 0.25) is 5.02 Å². The van der Waals surface area contributed by atoms with Gasteiger partial charge in [-0.25, -0.2) is 0 Å². The van der Waals surface area contributed by atoms with Crippen LogP contribution in [-0.4, -0.2) is 12.5 Å². The second-order valence-corrected chi connectivity index (χ2v) is 6.97. The van der Waals surface area contributed by atoms with Crippen LogP contribution in [0.3, 0.4) is 0 Å². The fourth-order valence-electron chi connectivity index (χ4n) is 2.32. The summed E-state index contributed by atoms with van der Waals surface area (Å²) in [6, 6.07) is 15.9. The zero-order chi connectivity index (χ0) is 16.8. The van der Waals surface area contributed by atoms with Gasteiger partial charge in [-0.1, -0.05) is 51.8 Å². The van der Waals surface area contributed by atoms with Crippen molar-refractivity contribution in [1.82, 2.24) is 5.32 Å². The number of nitrogens with two attached hydrogens (primary N) is 1. The van der Waals surface area contributed by atoms with E-state index in [0.29, 0.717) is 6.54 Å². The molecule has 3 N–H and O–H groups in total. The van der Waals surface area contributed by atoms with Gasteiger partial charge < -0.3 is 10.6 Å². The van der Waals surface area contributed by atoms with E-state index in [9.17, 15) is 4.79 Å². The Bertz CT molecular complexity index is 643. The molecule has 0 unspecified atom stereocenters. The summed E-state index contributed by atoms with van der Waals surface area (Å²) in [6.45, 7) is 4.46. The second kappa shape index (κ2) is 8.48. The van der Waals surface area contributed by atoms with E-state index >= 15 is 0 Å². The van der Waals surface area contributed by atoms with Crippen molar-refractivity contribution in [3.8, 4) is 0 Å². The van der Waals surface area contributed by atoms with E-state index in [1.165, 1.54) is 0 Å². The Balaban J connectivity index is 1.82. The van der Waals surface area contributed by atoms with Crippen LogP contribution < -0.4 is 10.6 Å². The zero-order valence-electron chi connectivity index (χ0n) is 13.2. The average molecular weight is 397 g/mol. The molecule has 0 aliphatic heterocycles. The largest absolute Gasteiger partial charge is 0.345 e. The van der Waals surface area contributed by atoms with Gasteiger partial charge in [0.05, 0.1) is 6.04 Å². The van der Waals surface area contributed by atoms with E-state index < -0.39 is 0 Å². The van der Waals surface area contributed by atoms with Gasteiger partial charge in [-0.3, -0.25) is 4.79 Å². The summed E-state index contributed by atoms with van der Waals surface area (Å²) < 4.78 is 1.03. The van der Waals surface area contributed by atoms with E-state index in [0.717, 1.165) is 20.6 Å². The first kappa shape index (κ1) is 18.0. The van der Waals surface area contributed by atoms with Crippen LogP contribution in [-0.2, 0) is 4.79 Å². The molecule has 0 saturated carbocycles. The topological polar surface area (TPSA) is 45.7 Å². The van der Waals surface area contributed by atoms with Gasteiger partial charge in [-0.2, -0.15) is 0 Å². The van der Waals surface area contributed by atoms with E-state index in [-0.39, 0.29) is 18.0 Å². The van der Waals surface area contributed by atoms with Crippen LogP contribution in [0.25, 0.3) is 0 Å². The third-order valence-corrected chi connectivity index (χ3v) is 4.58. The number of amides is 1. The van der Waals surface area contributed by atoms with Crippen molar-refractivity contribution in [3.05, 3.63) is 69.2 Å². The van der Waals surface area contributed by atoms with Gasteiger partial charge in [0.15, 0.2) is 6.54 Å². The van der Waals surface area contributed by atoms with E-state index in [1.54, 1.807) is 0 Å². The number of quaternary nitrogens is 1. The maximum absolute atomic E-state index is 12.1. The summed E-state index contributed by atoms with van der Waals surface area (Å²) in [7, 11) is 0. The molecule has 0 bridgehead atoms. The monoisotopic (exact) mass is 395 g/mol. The molecule has 23 heavy (non-hydrogen) atoms. The molecule has 5 heteroatoms. The molecule has 0 heterocycles. The number of carbonyl (C=O) groups excluding carboxylic acids is 1. The molecule has 2 rings (SSSR count). The van der Waals surface area contributed by atoms with Crippen molar-refractivity contribution in [3.63, 3.8) is 0 Å². The average Bonchev–Trinajstić information content (AvgIpc) is 2.54. The van der Waals surface area contributed by atoms with Crippen LogP contribution >= 0.6 is 27.5 Å². The molecule has 0 spiro atoms. The Morgan fingerprint density at radius 2 is 1.65 bits per heavy atom. The first-order valence-electron chi connectivity index (χ1n) is 7.59. The summed E-state index contributed by atoms with van der Waals surface area (Å²) in [5.41, 5.74) is 2.25. The molecule has 0 fully saturated rings. The lowest BCUT2D eigenvalue weighted by atomic mass is 10.1. The number of carbonyl (C=O) groups is 1. The fourth-order valence-corrected chi connectivity index (χ4v) is 2.71. The first-order chi connectivity index (χ1) is 11.0. The predicted octanol–water partition coefficient (Wildman–Crippen LogP) is 3.60. The molecule has 0 aliphatic carbocycles. The maximum atomic E-state index is 12.1. The van der Waals surface area contributed by atoms with Gasteiger partial charge in [0.2, 0.25) is 0 Å². The van der Waals surface area contributed by atoms with Gasteiger partial charge in [0.25, 0.3) is 5.91 Å². The molecule has 0 aliphatic rings. The molecular formula is C18H21BrClN2O+. The Morgan fingerprint density at radius 1 is 1.09 bits per heavy atom. The van der Waals surface area contributed by atoms with Gasteiger partial charge in [-0.05, 0) is 43.7 Å². The van der Waals surface area contributed by atoms with Crippen molar-refractivity contribution >= 4 is 33.4 Å². The van der Waals surface area contributed by atoms with Crippen LogP contribution in [0.15, 0.2) is 53.0 Å². The van der Waals surface area contributed by atoms with Gasteiger partial charge in [0, 0.05) is 15.1 Å². The highest BCUT2D eigenvalue weighted by Gasteiger charge is 2.14. The van der Waals surface area contributed by atoms with Crippen LogP contribution in [0, 0.1) is 0 Å². The van der Waals surface area contributed by atoms with Crippen molar-refractivity contribution in [1.29, 1.82) is 0 Å². The lowest BCUT2D eigenvalue weighted by molar-refractivity contribution is -0.682. The summed E-state index contributed by atoms with van der Waals surface area (Å²) in [5.74, 6) is 0.0289. The van der Waals surface area contributed by atoms with Crippen molar-refractivity contribution in [2.45, 2.75) is 25.9 Å². The number of rotatable bonds is 6. The number of halogens is 2. The summed E-state index contributed by atoms with van der Waals surface area (Å²) >= 11 is 9.30. The first-order valence-corrected chi connectivity index (χ1v) is 8.76. The number of hydrogen-bond acceptors (Lipinski definition) is 1. The van der Waals surface area contributed by atoms with Crippen molar-refractivity contribution < 1.29 is 10.1 Å².